The second-order valence-corrected chi connectivity index (χ2v) is 6.42. The van der Waals surface area contributed by atoms with Crippen LogP contribution >= 0.6 is 11.3 Å². The Morgan fingerprint density at radius 3 is 2.50 bits per heavy atom. The number of thiazole rings is 1. The molecule has 0 aliphatic heterocycles. The third-order valence-corrected chi connectivity index (χ3v) is 4.38. The standard InChI is InChI=1S/C14H11FN2S.C3H8N2O/c1-8-6-9(2-4-11(8)16)14-17-12-5-3-10(15)7-13(12)18-14;1-2(4)3(5)6/h2-7H,16H2,1H3;2H,4H2,1H3,(H2,5,6)/t;2-/m.0/s1. The number of anilines is 1. The van der Waals surface area contributed by atoms with Crippen LogP contribution in [0.15, 0.2) is 36.4 Å². The summed E-state index contributed by atoms with van der Waals surface area (Å²) in [4.78, 5) is 14.3. The SMILES string of the molecule is C[C@H](N)C(N)=O.Cc1cc(-c2nc3ccc(F)cc3s2)ccc1N. The molecule has 1 aromatic heterocycles. The quantitative estimate of drug-likeness (QED) is 0.620. The van der Waals surface area contributed by atoms with Gasteiger partial charge in [0.1, 0.15) is 10.8 Å². The van der Waals surface area contributed by atoms with Crippen molar-refractivity contribution >= 4 is 33.1 Å². The van der Waals surface area contributed by atoms with Crippen LogP contribution in [0.25, 0.3) is 20.8 Å². The van der Waals surface area contributed by atoms with E-state index in [-0.39, 0.29) is 5.82 Å². The number of halogens is 1. The number of fused-ring (bicyclic) bond motifs is 1. The summed E-state index contributed by atoms with van der Waals surface area (Å²) in [6, 6.07) is 9.96. The first kappa shape index (κ1) is 17.8. The Kier molecular flexibility index (Phi) is 5.48. The van der Waals surface area contributed by atoms with Crippen molar-refractivity contribution in [3.63, 3.8) is 0 Å². The fourth-order valence-corrected chi connectivity index (χ4v) is 2.82. The summed E-state index contributed by atoms with van der Waals surface area (Å²) in [5, 5.41) is 0.888. The van der Waals surface area contributed by atoms with E-state index in [9.17, 15) is 9.18 Å². The molecule has 126 valence electrons. The molecule has 1 atom stereocenters. The fourth-order valence-electron chi connectivity index (χ4n) is 1.83. The van der Waals surface area contributed by atoms with Gasteiger partial charge in [0, 0.05) is 11.3 Å². The molecule has 0 radical (unpaired) electrons. The lowest BCUT2D eigenvalue weighted by molar-refractivity contribution is -0.118. The predicted octanol–water partition coefficient (Wildman–Crippen LogP) is 2.81. The van der Waals surface area contributed by atoms with Gasteiger partial charge in [-0.25, -0.2) is 9.37 Å². The van der Waals surface area contributed by atoms with E-state index in [2.05, 4.69) is 10.7 Å². The maximum Gasteiger partial charge on any atom is 0.234 e. The number of benzene rings is 2. The topological polar surface area (TPSA) is 108 Å². The van der Waals surface area contributed by atoms with Gasteiger partial charge in [-0.15, -0.1) is 11.3 Å². The molecule has 0 aliphatic rings. The zero-order valence-electron chi connectivity index (χ0n) is 13.4. The number of carbonyl (C=O) groups is 1. The highest BCUT2D eigenvalue weighted by molar-refractivity contribution is 7.21. The van der Waals surface area contributed by atoms with Crippen molar-refractivity contribution < 1.29 is 9.18 Å². The van der Waals surface area contributed by atoms with Crippen LogP contribution in [0.4, 0.5) is 10.1 Å². The first-order chi connectivity index (χ1) is 11.3. The van der Waals surface area contributed by atoms with Gasteiger partial charge in [-0.05, 0) is 55.8 Å². The number of aryl methyl sites for hydroxylation is 1. The molecule has 3 aromatic rings. The number of amides is 1. The Hall–Kier alpha value is -2.51. The van der Waals surface area contributed by atoms with Gasteiger partial charge in [-0.2, -0.15) is 0 Å². The van der Waals surface area contributed by atoms with Crippen LogP contribution in [0.5, 0.6) is 0 Å². The largest absolute Gasteiger partial charge is 0.399 e. The second kappa shape index (κ2) is 7.37. The van der Waals surface area contributed by atoms with Gasteiger partial charge in [0.05, 0.1) is 16.3 Å². The molecular formula is C17H19FN4OS. The molecule has 0 saturated heterocycles. The monoisotopic (exact) mass is 346 g/mol. The summed E-state index contributed by atoms with van der Waals surface area (Å²) in [6.45, 7) is 3.51. The van der Waals surface area contributed by atoms with Crippen LogP contribution in [0.3, 0.4) is 0 Å². The Morgan fingerprint density at radius 1 is 1.25 bits per heavy atom. The highest BCUT2D eigenvalue weighted by Gasteiger charge is 2.07. The van der Waals surface area contributed by atoms with Gasteiger partial charge in [0.15, 0.2) is 0 Å². The van der Waals surface area contributed by atoms with E-state index < -0.39 is 11.9 Å². The van der Waals surface area contributed by atoms with Gasteiger partial charge in [-0.1, -0.05) is 0 Å². The maximum absolute atomic E-state index is 13.1. The average molecular weight is 346 g/mol. The normalized spacial score (nSPS) is 11.7. The van der Waals surface area contributed by atoms with Crippen LogP contribution in [0.2, 0.25) is 0 Å². The van der Waals surface area contributed by atoms with E-state index in [0.29, 0.717) is 0 Å². The lowest BCUT2D eigenvalue weighted by Crippen LogP contribution is -2.32. The number of nitrogens with zero attached hydrogens (tertiary/aromatic N) is 1. The molecule has 0 aliphatic carbocycles. The second-order valence-electron chi connectivity index (χ2n) is 5.39. The first-order valence-electron chi connectivity index (χ1n) is 7.25. The minimum atomic E-state index is -0.509. The van der Waals surface area contributed by atoms with Gasteiger partial charge >= 0.3 is 0 Å². The number of carbonyl (C=O) groups excluding carboxylic acids is 1. The van der Waals surface area contributed by atoms with E-state index >= 15 is 0 Å². The number of hydrogen-bond donors (Lipinski definition) is 3. The van der Waals surface area contributed by atoms with E-state index in [1.54, 1.807) is 13.0 Å². The number of aromatic nitrogens is 1. The zero-order valence-corrected chi connectivity index (χ0v) is 14.2. The maximum atomic E-state index is 13.1. The van der Waals surface area contributed by atoms with E-state index in [4.69, 9.17) is 11.5 Å². The fraction of sp³-hybridized carbons (Fsp3) is 0.176. The minimum absolute atomic E-state index is 0.230. The van der Waals surface area contributed by atoms with Crippen molar-refractivity contribution in [1.29, 1.82) is 0 Å². The number of nitrogens with two attached hydrogens (primary N) is 3. The highest BCUT2D eigenvalue weighted by atomic mass is 32.1. The molecule has 0 unspecified atom stereocenters. The molecule has 6 N–H and O–H groups in total. The summed E-state index contributed by atoms with van der Waals surface area (Å²) in [6.07, 6.45) is 0. The van der Waals surface area contributed by atoms with E-state index in [1.807, 2.05) is 25.1 Å². The van der Waals surface area contributed by atoms with Gasteiger partial charge in [0.25, 0.3) is 0 Å². The lowest BCUT2D eigenvalue weighted by Gasteiger charge is -2.01. The Bertz CT molecular complexity index is 876. The number of rotatable bonds is 2. The van der Waals surface area contributed by atoms with Gasteiger partial charge in [-0.3, -0.25) is 4.79 Å². The molecule has 0 fully saturated rings. The summed E-state index contributed by atoms with van der Waals surface area (Å²) < 4.78 is 14.0. The molecule has 0 saturated carbocycles. The molecule has 0 bridgehead atoms. The molecule has 0 spiro atoms. The van der Waals surface area contributed by atoms with Crippen molar-refractivity contribution in [3.05, 3.63) is 47.8 Å². The highest BCUT2D eigenvalue weighted by Crippen LogP contribution is 2.31. The van der Waals surface area contributed by atoms with Crippen LogP contribution in [0, 0.1) is 12.7 Å². The van der Waals surface area contributed by atoms with Crippen LogP contribution in [-0.2, 0) is 4.79 Å². The molecule has 3 rings (SSSR count). The summed E-state index contributed by atoms with van der Waals surface area (Å²) in [5.41, 5.74) is 19.1. The summed E-state index contributed by atoms with van der Waals surface area (Å²) in [7, 11) is 0. The Morgan fingerprint density at radius 2 is 1.92 bits per heavy atom. The molecular weight excluding hydrogens is 327 g/mol. The number of nitrogen functional groups attached to an aromatic ring is 1. The third-order valence-electron chi connectivity index (χ3n) is 3.32. The van der Waals surface area contributed by atoms with E-state index in [0.717, 1.165) is 32.0 Å². The van der Waals surface area contributed by atoms with Crippen molar-refractivity contribution in [2.45, 2.75) is 19.9 Å². The van der Waals surface area contributed by atoms with Crippen LogP contribution in [0.1, 0.15) is 12.5 Å². The van der Waals surface area contributed by atoms with Crippen LogP contribution in [-0.4, -0.2) is 16.9 Å². The van der Waals surface area contributed by atoms with Crippen molar-refractivity contribution in [1.82, 2.24) is 4.98 Å². The van der Waals surface area contributed by atoms with Gasteiger partial charge in [0.2, 0.25) is 5.91 Å². The van der Waals surface area contributed by atoms with Crippen molar-refractivity contribution in [2.75, 3.05) is 5.73 Å². The molecule has 1 amide bonds. The molecule has 5 nitrogen and oxygen atoms in total. The Balaban J connectivity index is 0.000000301. The average Bonchev–Trinajstić information content (AvgIpc) is 2.93. The van der Waals surface area contributed by atoms with Crippen molar-refractivity contribution in [2.24, 2.45) is 11.5 Å². The third kappa shape index (κ3) is 4.27. The minimum Gasteiger partial charge on any atom is -0.399 e. The molecule has 24 heavy (non-hydrogen) atoms. The Labute approximate surface area is 143 Å². The molecule has 2 aromatic carbocycles. The van der Waals surface area contributed by atoms with Crippen LogP contribution < -0.4 is 17.2 Å². The summed E-state index contributed by atoms with van der Waals surface area (Å²) in [5.74, 6) is -0.693. The molecule has 7 heteroatoms. The lowest BCUT2D eigenvalue weighted by atomic mass is 10.1. The first-order valence-corrected chi connectivity index (χ1v) is 8.07. The van der Waals surface area contributed by atoms with Crippen molar-refractivity contribution in [3.8, 4) is 10.6 Å². The van der Waals surface area contributed by atoms with E-state index in [1.165, 1.54) is 23.5 Å². The number of hydrogen-bond acceptors (Lipinski definition) is 5. The molecule has 1 heterocycles. The number of primary amides is 1. The van der Waals surface area contributed by atoms with Gasteiger partial charge < -0.3 is 17.2 Å². The zero-order chi connectivity index (χ0) is 17.9. The summed E-state index contributed by atoms with van der Waals surface area (Å²) >= 11 is 1.49. The predicted molar refractivity (Wildman–Crippen MR) is 97.0 cm³/mol. The smallest absolute Gasteiger partial charge is 0.234 e.